The van der Waals surface area contributed by atoms with Gasteiger partial charge in [-0.05, 0) is 24.8 Å². The van der Waals surface area contributed by atoms with Gasteiger partial charge >= 0.3 is 0 Å². The molecule has 1 aromatic heterocycles. The van der Waals surface area contributed by atoms with Gasteiger partial charge in [0.05, 0.1) is 12.1 Å². The van der Waals surface area contributed by atoms with Gasteiger partial charge in [0.2, 0.25) is 5.91 Å². The van der Waals surface area contributed by atoms with Crippen molar-refractivity contribution in [2.75, 3.05) is 13.3 Å². The van der Waals surface area contributed by atoms with E-state index in [4.69, 9.17) is 0 Å². The maximum Gasteiger partial charge on any atom is 0.227 e. The van der Waals surface area contributed by atoms with Crippen molar-refractivity contribution >= 4 is 44.9 Å². The highest BCUT2D eigenvalue weighted by Gasteiger charge is 2.15. The quantitative estimate of drug-likeness (QED) is 0.726. The molecule has 0 aliphatic carbocycles. The average molecular weight is 385 g/mol. The number of aryl methyl sites for hydroxylation is 1. The molecule has 1 amide bonds. The number of amides is 1. The number of halogens is 1. The number of thioether (sulfide) groups is 1. The van der Waals surface area contributed by atoms with Gasteiger partial charge in [-0.15, -0.1) is 11.3 Å². The Hall–Kier alpha value is -0.850. The van der Waals surface area contributed by atoms with Gasteiger partial charge in [0.25, 0.3) is 0 Å². The van der Waals surface area contributed by atoms with Crippen LogP contribution in [0.2, 0.25) is 0 Å². The molecule has 1 heterocycles. The van der Waals surface area contributed by atoms with Crippen molar-refractivity contribution < 1.29 is 4.79 Å². The molecule has 1 aromatic carbocycles. The number of hydrogen-bond acceptors (Lipinski definition) is 4. The fourth-order valence-electron chi connectivity index (χ4n) is 1.90. The molecular formula is C15H17BrN2OS2. The summed E-state index contributed by atoms with van der Waals surface area (Å²) in [6.07, 6.45) is 2.42. The minimum absolute atomic E-state index is 0.116. The lowest BCUT2D eigenvalue weighted by atomic mass is 10.2. The first-order chi connectivity index (χ1) is 10.0. The van der Waals surface area contributed by atoms with E-state index in [1.807, 2.05) is 44.5 Å². The van der Waals surface area contributed by atoms with Crippen LogP contribution in [0.25, 0.3) is 0 Å². The van der Waals surface area contributed by atoms with Crippen molar-refractivity contribution in [2.24, 2.45) is 0 Å². The third-order valence-electron chi connectivity index (χ3n) is 3.15. The predicted octanol–water partition coefficient (Wildman–Crippen LogP) is 4.14. The summed E-state index contributed by atoms with van der Waals surface area (Å²) in [4.78, 5) is 19.6. The molecule has 0 saturated carbocycles. The van der Waals surface area contributed by atoms with Gasteiger partial charge < -0.3 is 4.90 Å². The molecule has 0 atom stereocenters. The summed E-state index contributed by atoms with van der Waals surface area (Å²) in [5, 5.41) is 0. The Morgan fingerprint density at radius 3 is 2.76 bits per heavy atom. The molecule has 0 N–H and O–H groups in total. The molecule has 3 nitrogen and oxygen atoms in total. The second-order valence-corrected chi connectivity index (χ2v) is 7.70. The first kappa shape index (κ1) is 16.5. The molecule has 112 valence electrons. The smallest absolute Gasteiger partial charge is 0.227 e. The van der Waals surface area contributed by atoms with Gasteiger partial charge in [-0.1, -0.05) is 45.9 Å². The number of carbonyl (C=O) groups excluding carboxylic acids is 1. The standard InChI is InChI=1S/C15H17BrN2OS2/c1-10-13(21-15(17-10)20-3)8-14(19)18(2)9-11-6-4-5-7-12(11)16/h4-7H,8-9H2,1-3H3. The number of thiazole rings is 1. The van der Waals surface area contributed by atoms with Crippen LogP contribution >= 0.6 is 39.0 Å². The van der Waals surface area contributed by atoms with Gasteiger partial charge in [0.15, 0.2) is 0 Å². The van der Waals surface area contributed by atoms with Crippen LogP contribution in [0, 0.1) is 6.92 Å². The average Bonchev–Trinajstić information content (AvgIpc) is 2.82. The van der Waals surface area contributed by atoms with Crippen molar-refractivity contribution in [3.8, 4) is 0 Å². The van der Waals surface area contributed by atoms with Crippen LogP contribution in [-0.4, -0.2) is 29.1 Å². The van der Waals surface area contributed by atoms with E-state index in [9.17, 15) is 4.79 Å². The first-order valence-electron chi connectivity index (χ1n) is 6.49. The number of aromatic nitrogens is 1. The number of benzene rings is 1. The highest BCUT2D eigenvalue weighted by molar-refractivity contribution is 9.10. The molecule has 0 saturated heterocycles. The second kappa shape index (κ2) is 7.42. The maximum atomic E-state index is 12.4. The molecular weight excluding hydrogens is 368 g/mol. The van der Waals surface area contributed by atoms with Crippen LogP contribution in [-0.2, 0) is 17.8 Å². The predicted molar refractivity (Wildman–Crippen MR) is 93.0 cm³/mol. The Morgan fingerprint density at radius 2 is 2.14 bits per heavy atom. The third-order valence-corrected chi connectivity index (χ3v) is 6.07. The van der Waals surface area contributed by atoms with Crippen molar-refractivity contribution in [1.29, 1.82) is 0 Å². The molecule has 6 heteroatoms. The van der Waals surface area contributed by atoms with E-state index < -0.39 is 0 Å². The van der Waals surface area contributed by atoms with E-state index in [1.165, 1.54) is 0 Å². The van der Waals surface area contributed by atoms with Crippen molar-refractivity contribution in [2.45, 2.75) is 24.2 Å². The number of carbonyl (C=O) groups is 1. The van der Waals surface area contributed by atoms with Crippen LogP contribution in [0.5, 0.6) is 0 Å². The normalized spacial score (nSPS) is 10.7. The molecule has 2 aromatic rings. The minimum Gasteiger partial charge on any atom is -0.341 e. The highest BCUT2D eigenvalue weighted by Crippen LogP contribution is 2.26. The monoisotopic (exact) mass is 384 g/mol. The first-order valence-corrected chi connectivity index (χ1v) is 9.32. The third kappa shape index (κ3) is 4.31. The molecule has 21 heavy (non-hydrogen) atoms. The Labute approximate surface area is 141 Å². The molecule has 0 radical (unpaired) electrons. The summed E-state index contributed by atoms with van der Waals surface area (Å²) >= 11 is 6.75. The van der Waals surface area contributed by atoms with Gasteiger partial charge in [-0.3, -0.25) is 4.79 Å². The fourth-order valence-corrected chi connectivity index (χ4v) is 3.95. The molecule has 2 rings (SSSR count). The summed E-state index contributed by atoms with van der Waals surface area (Å²) in [6, 6.07) is 7.97. The summed E-state index contributed by atoms with van der Waals surface area (Å²) in [6.45, 7) is 2.57. The summed E-state index contributed by atoms with van der Waals surface area (Å²) in [7, 11) is 1.84. The Kier molecular flexibility index (Phi) is 5.84. The van der Waals surface area contributed by atoms with Crippen LogP contribution in [0.1, 0.15) is 16.1 Å². The van der Waals surface area contributed by atoms with Gasteiger partial charge in [-0.2, -0.15) is 0 Å². The summed E-state index contributed by atoms with van der Waals surface area (Å²) in [5.74, 6) is 0.116. The lowest BCUT2D eigenvalue weighted by Gasteiger charge is -2.17. The van der Waals surface area contributed by atoms with Gasteiger partial charge in [0.1, 0.15) is 4.34 Å². The zero-order chi connectivity index (χ0) is 15.4. The van der Waals surface area contributed by atoms with Crippen molar-refractivity contribution in [1.82, 2.24) is 9.88 Å². The second-order valence-electron chi connectivity index (χ2n) is 4.71. The summed E-state index contributed by atoms with van der Waals surface area (Å²) < 4.78 is 2.05. The topological polar surface area (TPSA) is 33.2 Å². The molecule has 0 bridgehead atoms. The van der Waals surface area contributed by atoms with Gasteiger partial charge in [0, 0.05) is 22.9 Å². The molecule has 0 aliphatic heterocycles. The lowest BCUT2D eigenvalue weighted by molar-refractivity contribution is -0.129. The minimum atomic E-state index is 0.116. The van der Waals surface area contributed by atoms with E-state index in [-0.39, 0.29) is 5.91 Å². The highest BCUT2D eigenvalue weighted by atomic mass is 79.9. The lowest BCUT2D eigenvalue weighted by Crippen LogP contribution is -2.27. The molecule has 0 fully saturated rings. The Morgan fingerprint density at radius 1 is 1.43 bits per heavy atom. The SMILES string of the molecule is CSc1nc(C)c(CC(=O)N(C)Cc2ccccc2Br)s1. The Balaban J connectivity index is 2.02. The van der Waals surface area contributed by atoms with E-state index >= 15 is 0 Å². The van der Waals surface area contributed by atoms with Crippen molar-refractivity contribution in [3.63, 3.8) is 0 Å². The zero-order valence-corrected chi connectivity index (χ0v) is 15.4. The maximum absolute atomic E-state index is 12.4. The van der Waals surface area contributed by atoms with E-state index in [2.05, 4.69) is 20.9 Å². The summed E-state index contributed by atoms with van der Waals surface area (Å²) in [5.41, 5.74) is 2.08. The number of nitrogens with zero attached hydrogens (tertiary/aromatic N) is 2. The van der Waals surface area contributed by atoms with Crippen LogP contribution in [0.15, 0.2) is 33.1 Å². The molecule has 0 spiro atoms. The van der Waals surface area contributed by atoms with Crippen LogP contribution < -0.4 is 0 Å². The zero-order valence-electron chi connectivity index (χ0n) is 12.2. The van der Waals surface area contributed by atoms with Crippen LogP contribution in [0.3, 0.4) is 0 Å². The molecule has 0 unspecified atom stereocenters. The van der Waals surface area contributed by atoms with Gasteiger partial charge in [-0.25, -0.2) is 4.98 Å². The Bertz CT molecular complexity index is 642. The van der Waals surface area contributed by atoms with Crippen molar-refractivity contribution in [3.05, 3.63) is 44.9 Å². The number of likely N-dealkylation sites (N-methyl/N-ethyl adjacent to an activating group) is 1. The fraction of sp³-hybridized carbons (Fsp3) is 0.333. The van der Waals surface area contributed by atoms with E-state index in [0.29, 0.717) is 13.0 Å². The number of rotatable bonds is 5. The molecule has 0 aliphatic rings. The van der Waals surface area contributed by atoms with Crippen LogP contribution in [0.4, 0.5) is 0 Å². The number of hydrogen-bond donors (Lipinski definition) is 0. The van der Waals surface area contributed by atoms with E-state index in [1.54, 1.807) is 28.0 Å². The largest absolute Gasteiger partial charge is 0.341 e. The van der Waals surface area contributed by atoms with E-state index in [0.717, 1.165) is 24.9 Å².